The molecule has 0 unspecified atom stereocenters. The van der Waals surface area contributed by atoms with Crippen molar-refractivity contribution in [1.29, 1.82) is 0 Å². The van der Waals surface area contributed by atoms with Crippen LogP contribution in [0.5, 0.6) is 11.5 Å². The van der Waals surface area contributed by atoms with E-state index in [1.165, 1.54) is 17.8 Å². The minimum atomic E-state index is -0.0530. The van der Waals surface area contributed by atoms with E-state index in [2.05, 4.69) is 15.0 Å². The van der Waals surface area contributed by atoms with Gasteiger partial charge in [0, 0.05) is 62.1 Å². The van der Waals surface area contributed by atoms with E-state index >= 15 is 0 Å². The first-order chi connectivity index (χ1) is 12.5. The van der Waals surface area contributed by atoms with Crippen molar-refractivity contribution in [2.45, 2.75) is 5.03 Å². The number of hydrogen-bond acceptors (Lipinski definition) is 8. The smallest absolute Gasteiger partial charge is 0.134 e. The Morgan fingerprint density at radius 3 is 2.31 bits per heavy atom. The Morgan fingerprint density at radius 1 is 1.12 bits per heavy atom. The van der Waals surface area contributed by atoms with Crippen LogP contribution in [0.3, 0.4) is 0 Å². The SMILES string of the molecule is CN=Cc1c(N)nc(SCCOC)c(C=NC)c1-c1cc(O)cc(O)c1. The molecular formula is C18H22N4O3S. The van der Waals surface area contributed by atoms with Crippen molar-refractivity contribution in [3.63, 3.8) is 0 Å². The van der Waals surface area contributed by atoms with Gasteiger partial charge in [0.05, 0.1) is 6.61 Å². The lowest BCUT2D eigenvalue weighted by atomic mass is 9.96. The third-order valence-electron chi connectivity index (χ3n) is 3.50. The maximum atomic E-state index is 9.91. The molecule has 1 heterocycles. The molecular weight excluding hydrogens is 352 g/mol. The van der Waals surface area contributed by atoms with E-state index in [0.717, 1.165) is 5.56 Å². The summed E-state index contributed by atoms with van der Waals surface area (Å²) >= 11 is 1.49. The summed E-state index contributed by atoms with van der Waals surface area (Å²) in [6.45, 7) is 0.565. The first-order valence-electron chi connectivity index (χ1n) is 7.84. The molecule has 0 saturated carbocycles. The molecule has 1 aromatic carbocycles. The molecule has 1 aromatic heterocycles. The zero-order valence-corrected chi connectivity index (χ0v) is 15.7. The maximum absolute atomic E-state index is 9.91. The van der Waals surface area contributed by atoms with E-state index in [-0.39, 0.29) is 11.5 Å². The van der Waals surface area contributed by atoms with Gasteiger partial charge in [0.15, 0.2) is 0 Å². The zero-order valence-electron chi connectivity index (χ0n) is 14.9. The number of aromatic hydroxyl groups is 2. The quantitative estimate of drug-likeness (QED) is 0.390. The number of pyridine rings is 1. The van der Waals surface area contributed by atoms with Gasteiger partial charge in [0.25, 0.3) is 0 Å². The lowest BCUT2D eigenvalue weighted by molar-refractivity contribution is 0.218. The summed E-state index contributed by atoms with van der Waals surface area (Å²) in [5, 5.41) is 20.5. The second-order valence-corrected chi connectivity index (χ2v) is 6.44. The van der Waals surface area contributed by atoms with Crippen molar-refractivity contribution in [3.05, 3.63) is 29.3 Å². The number of hydrogen-bond donors (Lipinski definition) is 3. The van der Waals surface area contributed by atoms with Gasteiger partial charge in [-0.1, -0.05) is 0 Å². The number of thioether (sulfide) groups is 1. The highest BCUT2D eigenvalue weighted by Gasteiger charge is 2.19. The Bertz CT molecular complexity index is 817. The monoisotopic (exact) mass is 374 g/mol. The van der Waals surface area contributed by atoms with Crippen LogP contribution < -0.4 is 5.73 Å². The predicted molar refractivity (Wildman–Crippen MR) is 107 cm³/mol. The van der Waals surface area contributed by atoms with Gasteiger partial charge in [-0.15, -0.1) is 11.8 Å². The number of ether oxygens (including phenoxy) is 1. The number of methoxy groups -OCH3 is 1. The summed E-state index contributed by atoms with van der Waals surface area (Å²) in [5.74, 6) is 0.895. The molecule has 138 valence electrons. The van der Waals surface area contributed by atoms with Crippen molar-refractivity contribution in [2.75, 3.05) is 39.3 Å². The molecule has 4 N–H and O–H groups in total. The molecule has 0 amide bonds. The van der Waals surface area contributed by atoms with Crippen LogP contribution in [0.2, 0.25) is 0 Å². The molecule has 0 aliphatic rings. The van der Waals surface area contributed by atoms with Gasteiger partial charge in [0.2, 0.25) is 0 Å². The molecule has 26 heavy (non-hydrogen) atoms. The number of aromatic nitrogens is 1. The first kappa shape index (κ1) is 19.7. The predicted octanol–water partition coefficient (Wildman–Crippen LogP) is 2.58. The maximum Gasteiger partial charge on any atom is 0.134 e. The Kier molecular flexibility index (Phi) is 6.99. The van der Waals surface area contributed by atoms with Gasteiger partial charge in [-0.05, 0) is 17.7 Å². The Morgan fingerprint density at radius 2 is 1.73 bits per heavy atom. The number of nitrogens with two attached hydrogens (primary N) is 1. The molecule has 7 nitrogen and oxygen atoms in total. The van der Waals surface area contributed by atoms with E-state index in [0.29, 0.717) is 39.9 Å². The average Bonchev–Trinajstić information content (AvgIpc) is 2.58. The lowest BCUT2D eigenvalue weighted by Gasteiger charge is -2.16. The fraction of sp³-hybridized carbons (Fsp3) is 0.278. The van der Waals surface area contributed by atoms with Crippen LogP contribution in [0.15, 0.2) is 33.2 Å². The number of anilines is 1. The fourth-order valence-corrected chi connectivity index (χ4v) is 3.42. The van der Waals surface area contributed by atoms with Gasteiger partial charge in [-0.2, -0.15) is 0 Å². The topological polar surface area (TPSA) is 113 Å². The summed E-state index contributed by atoms with van der Waals surface area (Å²) in [7, 11) is 4.94. The molecule has 0 spiro atoms. The van der Waals surface area contributed by atoms with E-state index in [4.69, 9.17) is 10.5 Å². The number of nitrogens with zero attached hydrogens (tertiary/aromatic N) is 3. The molecule has 0 radical (unpaired) electrons. The van der Waals surface area contributed by atoms with E-state index < -0.39 is 0 Å². The number of benzene rings is 1. The third-order valence-corrected chi connectivity index (χ3v) is 4.46. The second-order valence-electron chi connectivity index (χ2n) is 5.36. The summed E-state index contributed by atoms with van der Waals surface area (Å²) in [4.78, 5) is 12.7. The third kappa shape index (κ3) is 4.53. The van der Waals surface area contributed by atoms with Crippen LogP contribution in [0.25, 0.3) is 11.1 Å². The summed E-state index contributed by atoms with van der Waals surface area (Å²) < 4.78 is 5.10. The fourth-order valence-electron chi connectivity index (χ4n) is 2.50. The van der Waals surface area contributed by atoms with E-state index in [9.17, 15) is 10.2 Å². The molecule has 0 fully saturated rings. The number of aliphatic imine (C=N–C) groups is 2. The van der Waals surface area contributed by atoms with Crippen LogP contribution >= 0.6 is 11.8 Å². The van der Waals surface area contributed by atoms with Crippen LogP contribution in [-0.4, -0.2) is 61.2 Å². The molecule has 2 aromatic rings. The van der Waals surface area contributed by atoms with Crippen LogP contribution in [-0.2, 0) is 4.74 Å². The van der Waals surface area contributed by atoms with Crippen LogP contribution in [0.1, 0.15) is 11.1 Å². The largest absolute Gasteiger partial charge is 0.508 e. The number of nitrogen functional groups attached to an aromatic ring is 1. The average molecular weight is 374 g/mol. The highest BCUT2D eigenvalue weighted by molar-refractivity contribution is 7.99. The molecule has 2 rings (SSSR count). The first-order valence-corrected chi connectivity index (χ1v) is 8.83. The Labute approximate surface area is 156 Å². The number of phenols is 2. The van der Waals surface area contributed by atoms with E-state index in [1.807, 2.05) is 0 Å². The molecule has 0 bridgehead atoms. The van der Waals surface area contributed by atoms with E-state index in [1.54, 1.807) is 45.8 Å². The molecule has 0 atom stereocenters. The minimum Gasteiger partial charge on any atom is -0.508 e. The number of rotatable bonds is 7. The summed E-state index contributed by atoms with van der Waals surface area (Å²) in [6, 6.07) is 4.37. The van der Waals surface area contributed by atoms with Gasteiger partial charge < -0.3 is 20.7 Å². The zero-order chi connectivity index (χ0) is 19.1. The second kappa shape index (κ2) is 9.21. The Balaban J connectivity index is 2.78. The normalized spacial score (nSPS) is 11.7. The molecule has 0 saturated heterocycles. The van der Waals surface area contributed by atoms with Gasteiger partial charge in [0.1, 0.15) is 22.3 Å². The minimum absolute atomic E-state index is 0.0530. The lowest BCUT2D eigenvalue weighted by Crippen LogP contribution is -2.07. The summed E-state index contributed by atoms with van der Waals surface area (Å²) in [5.41, 5.74) is 8.80. The highest BCUT2D eigenvalue weighted by atomic mass is 32.2. The van der Waals surface area contributed by atoms with Crippen molar-refractivity contribution in [2.24, 2.45) is 9.98 Å². The van der Waals surface area contributed by atoms with Crippen molar-refractivity contribution in [1.82, 2.24) is 4.98 Å². The van der Waals surface area contributed by atoms with Gasteiger partial charge >= 0.3 is 0 Å². The summed E-state index contributed by atoms with van der Waals surface area (Å²) in [6.07, 6.45) is 3.29. The van der Waals surface area contributed by atoms with Crippen molar-refractivity contribution in [3.8, 4) is 22.6 Å². The van der Waals surface area contributed by atoms with Gasteiger partial charge in [-0.25, -0.2) is 4.98 Å². The standard InChI is InChI=1S/C18H22N4O3S/c1-20-9-14-16(11-6-12(23)8-13(24)7-11)15(10-21-2)18(22-17(14)19)26-5-4-25-3/h6-10,23-24H,4-5H2,1-3H3,(H2,19,22). The highest BCUT2D eigenvalue weighted by Crippen LogP contribution is 2.37. The van der Waals surface area contributed by atoms with Gasteiger partial charge in [-0.3, -0.25) is 9.98 Å². The van der Waals surface area contributed by atoms with Crippen molar-refractivity contribution < 1.29 is 14.9 Å². The Hall–Kier alpha value is -2.58. The molecule has 8 heteroatoms. The van der Waals surface area contributed by atoms with Crippen LogP contribution in [0, 0.1) is 0 Å². The molecule has 0 aliphatic carbocycles. The van der Waals surface area contributed by atoms with Crippen molar-refractivity contribution >= 4 is 30.0 Å². The number of phenolic OH excluding ortho intramolecular Hbond substituents is 2. The van der Waals surface area contributed by atoms with Crippen LogP contribution in [0.4, 0.5) is 5.82 Å². The molecule has 0 aliphatic heterocycles.